The van der Waals surface area contributed by atoms with Crippen LogP contribution in [0.1, 0.15) is 82.9 Å². The molecular weight excluding hydrogens is 806 g/mol. The fourth-order valence-corrected chi connectivity index (χ4v) is 8.21. The Morgan fingerprint density at radius 1 is 1.11 bits per heavy atom. The lowest BCUT2D eigenvalue weighted by molar-refractivity contribution is -0.116. The summed E-state index contributed by atoms with van der Waals surface area (Å²) in [6.07, 6.45) is 8.88. The number of carbonyl (C=O) groups is 2. The Balaban J connectivity index is 0.00000208. The second-order valence-electron chi connectivity index (χ2n) is 15.4. The van der Waals surface area contributed by atoms with Gasteiger partial charge in [0.2, 0.25) is 12.3 Å². The van der Waals surface area contributed by atoms with Crippen molar-refractivity contribution in [2.24, 2.45) is 17.0 Å². The van der Waals surface area contributed by atoms with Crippen LogP contribution in [0.3, 0.4) is 0 Å². The molecule has 2 aromatic heterocycles. The first kappa shape index (κ1) is 45.3. The SMILES string of the molecule is C=C1C(OC(C)C)=C(c2cn[nH]c2)N=CN1NC(C)=Nc1ccc(Sc2cccc(CN3CCC(c4cccc5c(NC(=O)CCNC=O)nn(C)c45)CC3)c2)cc1F.CCC. The van der Waals surface area contributed by atoms with E-state index in [0.29, 0.717) is 41.1 Å². The molecule has 16 heteroatoms. The number of para-hydroxylation sites is 1. The molecule has 2 amide bonds. The number of fused-ring (bicyclic) bond motifs is 1. The van der Waals surface area contributed by atoms with Gasteiger partial charge in [-0.3, -0.25) is 29.7 Å². The number of carbonyl (C=O) groups excluding carboxylic acids is 2. The lowest BCUT2D eigenvalue weighted by Crippen LogP contribution is -2.41. The van der Waals surface area contributed by atoms with E-state index in [4.69, 9.17) is 4.74 Å². The molecule has 326 valence electrons. The van der Waals surface area contributed by atoms with Crippen LogP contribution in [-0.2, 0) is 27.9 Å². The summed E-state index contributed by atoms with van der Waals surface area (Å²) in [5.74, 6) is 1.21. The van der Waals surface area contributed by atoms with E-state index in [-0.39, 0.29) is 30.7 Å². The number of aliphatic imine (C=N–C) groups is 2. The van der Waals surface area contributed by atoms with Crippen LogP contribution >= 0.6 is 11.8 Å². The van der Waals surface area contributed by atoms with E-state index in [0.717, 1.165) is 58.7 Å². The highest BCUT2D eigenvalue weighted by molar-refractivity contribution is 7.99. The highest BCUT2D eigenvalue weighted by Crippen LogP contribution is 2.37. The number of amides is 2. The number of hydrogen-bond acceptors (Lipinski definition) is 10. The minimum Gasteiger partial charge on any atom is -0.486 e. The lowest BCUT2D eigenvalue weighted by atomic mass is 9.88. The number of nitrogens with zero attached hydrogens (tertiary/aromatic N) is 7. The van der Waals surface area contributed by atoms with Crippen molar-refractivity contribution >= 4 is 64.4 Å². The maximum Gasteiger partial charge on any atom is 0.227 e. The summed E-state index contributed by atoms with van der Waals surface area (Å²) in [6.45, 7) is 17.0. The summed E-state index contributed by atoms with van der Waals surface area (Å²) < 4.78 is 23.4. The lowest BCUT2D eigenvalue weighted by Gasteiger charge is -2.32. The largest absolute Gasteiger partial charge is 0.486 e. The van der Waals surface area contributed by atoms with Gasteiger partial charge < -0.3 is 15.4 Å². The third-order valence-corrected chi connectivity index (χ3v) is 11.0. The molecule has 7 rings (SSSR count). The number of aryl methyl sites for hydroxylation is 1. The number of ether oxygens (including phenoxy) is 1. The van der Waals surface area contributed by atoms with Gasteiger partial charge in [-0.1, -0.05) is 62.9 Å². The zero-order valence-electron chi connectivity index (χ0n) is 36.2. The van der Waals surface area contributed by atoms with Gasteiger partial charge in [0.15, 0.2) is 11.6 Å². The maximum absolute atomic E-state index is 15.5. The van der Waals surface area contributed by atoms with E-state index in [2.05, 4.69) is 90.9 Å². The number of H-pyrrole nitrogens is 1. The molecule has 0 aliphatic carbocycles. The second kappa shape index (κ2) is 21.5. The molecule has 1 saturated heterocycles. The number of hydrogen-bond donors (Lipinski definition) is 4. The number of benzene rings is 3. The molecule has 3 aromatic carbocycles. The van der Waals surface area contributed by atoms with Gasteiger partial charge >= 0.3 is 0 Å². The third-order valence-electron chi connectivity index (χ3n) is 9.99. The highest BCUT2D eigenvalue weighted by atomic mass is 32.2. The fraction of sp³-hybridized carbons (Fsp3) is 0.348. The van der Waals surface area contributed by atoms with Crippen LogP contribution in [0.15, 0.2) is 111 Å². The molecule has 0 radical (unpaired) electrons. The number of anilines is 1. The monoisotopic (exact) mass is 861 g/mol. The van der Waals surface area contributed by atoms with Crippen LogP contribution < -0.4 is 16.1 Å². The standard InChI is InChI=1S/C43H48FN11O3S.C3H8/c1-27(2)58-42-28(3)55(25-46-40(42)32-22-47-48-23-32)51-29(4)49-38-13-12-34(21-37(38)44)59-33-9-6-8-30(20-33)24-54-18-15-31(16-19-54)35-10-7-11-36-41(35)53(5)52-43(36)50-39(57)14-17-45-26-56;1-3-2/h6-13,20-23,25-27,31H,3,14-19,24H2,1-2,4-5H3,(H,45,56)(H,47,48)(H,49,51)(H,50,52,57);3H2,1-2H3. The Morgan fingerprint density at radius 3 is 2.58 bits per heavy atom. The fourth-order valence-electron chi connectivity index (χ4n) is 7.29. The van der Waals surface area contributed by atoms with Crippen LogP contribution in [0.5, 0.6) is 0 Å². The van der Waals surface area contributed by atoms with Gasteiger partial charge in [-0.15, -0.1) is 0 Å². The van der Waals surface area contributed by atoms with Gasteiger partial charge in [-0.25, -0.2) is 19.4 Å². The molecule has 14 nitrogen and oxygen atoms in total. The van der Waals surface area contributed by atoms with Crippen LogP contribution in [0.4, 0.5) is 15.9 Å². The van der Waals surface area contributed by atoms with E-state index in [9.17, 15) is 9.59 Å². The molecule has 2 aliphatic heterocycles. The first-order valence-electron chi connectivity index (χ1n) is 20.9. The molecular formula is C46H56FN11O3S. The molecule has 0 saturated carbocycles. The summed E-state index contributed by atoms with van der Waals surface area (Å²) in [5, 5.41) is 19.4. The van der Waals surface area contributed by atoms with E-state index < -0.39 is 5.82 Å². The zero-order valence-corrected chi connectivity index (χ0v) is 37.1. The third kappa shape index (κ3) is 11.6. The van der Waals surface area contributed by atoms with Crippen LogP contribution in [0, 0.1) is 5.82 Å². The number of piperidine rings is 1. The Kier molecular flexibility index (Phi) is 15.7. The van der Waals surface area contributed by atoms with Gasteiger partial charge in [0.25, 0.3) is 0 Å². The number of hydrazine groups is 1. The van der Waals surface area contributed by atoms with Crippen molar-refractivity contribution in [2.45, 2.75) is 88.7 Å². The highest BCUT2D eigenvalue weighted by Gasteiger charge is 2.26. The van der Waals surface area contributed by atoms with E-state index in [1.165, 1.54) is 35.4 Å². The maximum atomic E-state index is 15.5. The molecule has 0 spiro atoms. The van der Waals surface area contributed by atoms with Gasteiger partial charge in [0.1, 0.15) is 35.1 Å². The number of halogens is 1. The molecule has 62 heavy (non-hydrogen) atoms. The van der Waals surface area contributed by atoms with Crippen molar-refractivity contribution in [1.29, 1.82) is 0 Å². The average Bonchev–Trinajstić information content (AvgIpc) is 3.89. The summed E-state index contributed by atoms with van der Waals surface area (Å²) in [5.41, 5.74) is 8.71. The van der Waals surface area contributed by atoms with Crippen molar-refractivity contribution in [1.82, 2.24) is 40.6 Å². The van der Waals surface area contributed by atoms with Crippen molar-refractivity contribution in [2.75, 3.05) is 25.0 Å². The van der Waals surface area contributed by atoms with Crippen molar-refractivity contribution < 1.29 is 18.7 Å². The number of amidine groups is 1. The molecule has 1 fully saturated rings. The molecule has 0 atom stereocenters. The topological polar surface area (TPSA) is 157 Å². The number of aromatic amines is 1. The van der Waals surface area contributed by atoms with Gasteiger partial charge in [-0.2, -0.15) is 10.2 Å². The Hall–Kier alpha value is -6.26. The number of likely N-dealkylation sites (tertiary alicyclic amines) is 1. The van der Waals surface area contributed by atoms with Crippen molar-refractivity contribution in [3.63, 3.8) is 0 Å². The van der Waals surface area contributed by atoms with Crippen LogP contribution in [0.2, 0.25) is 0 Å². The molecule has 2 aliphatic rings. The summed E-state index contributed by atoms with van der Waals surface area (Å²) >= 11 is 1.51. The van der Waals surface area contributed by atoms with E-state index in [1.54, 1.807) is 36.7 Å². The van der Waals surface area contributed by atoms with E-state index in [1.807, 2.05) is 49.8 Å². The molecule has 4 heterocycles. The smallest absolute Gasteiger partial charge is 0.227 e. The van der Waals surface area contributed by atoms with Crippen molar-refractivity contribution in [3.05, 3.63) is 114 Å². The first-order valence-corrected chi connectivity index (χ1v) is 21.7. The summed E-state index contributed by atoms with van der Waals surface area (Å²) in [4.78, 5) is 36.3. The number of nitrogens with one attached hydrogen (secondary N) is 4. The summed E-state index contributed by atoms with van der Waals surface area (Å²) in [7, 11) is 1.91. The van der Waals surface area contributed by atoms with Gasteiger partial charge in [0, 0.05) is 53.5 Å². The molecule has 0 unspecified atom stereocenters. The van der Waals surface area contributed by atoms with Crippen molar-refractivity contribution in [3.8, 4) is 0 Å². The molecule has 4 N–H and O–H groups in total. The van der Waals surface area contributed by atoms with E-state index >= 15 is 4.39 Å². The van der Waals surface area contributed by atoms with Gasteiger partial charge in [0.05, 0.1) is 17.8 Å². The Bertz CT molecular complexity index is 2440. The minimum absolute atomic E-state index is 0.115. The Labute approximate surface area is 366 Å². The summed E-state index contributed by atoms with van der Waals surface area (Å²) in [6, 6.07) is 19.7. The first-order chi connectivity index (χ1) is 30.0. The molecule has 0 bridgehead atoms. The number of rotatable bonds is 15. The zero-order chi connectivity index (χ0) is 44.2. The minimum atomic E-state index is -0.432. The predicted octanol–water partition coefficient (Wildman–Crippen LogP) is 8.66. The van der Waals surface area contributed by atoms with Crippen LogP contribution in [-0.4, -0.2) is 80.1 Å². The second-order valence-corrected chi connectivity index (χ2v) is 16.6. The number of aromatic nitrogens is 4. The molecule has 5 aromatic rings. The average molecular weight is 862 g/mol. The normalized spacial score (nSPS) is 14.9. The Morgan fingerprint density at radius 2 is 1.87 bits per heavy atom. The predicted molar refractivity (Wildman–Crippen MR) is 245 cm³/mol. The quantitative estimate of drug-likeness (QED) is 0.0350. The van der Waals surface area contributed by atoms with Crippen LogP contribution in [0.25, 0.3) is 16.6 Å². The van der Waals surface area contributed by atoms with Gasteiger partial charge in [-0.05, 0) is 100 Å².